The Balaban J connectivity index is 0.00000200. The summed E-state index contributed by atoms with van der Waals surface area (Å²) < 4.78 is 0. The van der Waals surface area contributed by atoms with Gasteiger partial charge in [0, 0.05) is 25.0 Å². The van der Waals surface area contributed by atoms with Crippen molar-refractivity contribution in [3.05, 3.63) is 0 Å². The quantitative estimate of drug-likeness (QED) is 0.685. The molecule has 0 aliphatic carbocycles. The third-order valence-corrected chi connectivity index (χ3v) is 4.06. The van der Waals surface area contributed by atoms with Crippen molar-refractivity contribution in [1.29, 1.82) is 0 Å². The highest BCUT2D eigenvalue weighted by Gasteiger charge is 2.34. The normalized spacial score (nSPS) is 27.6. The van der Waals surface area contributed by atoms with Gasteiger partial charge in [-0.2, -0.15) is 0 Å². The number of carbonyl (C=O) groups excluding carboxylic acids is 2. The Bertz CT molecular complexity index is 326. The van der Waals surface area contributed by atoms with Gasteiger partial charge < -0.3 is 16.0 Å². The van der Waals surface area contributed by atoms with Crippen LogP contribution in [-0.4, -0.2) is 37.0 Å². The number of piperidine rings is 1. The van der Waals surface area contributed by atoms with Gasteiger partial charge in [-0.25, -0.2) is 0 Å². The average Bonchev–Trinajstić information content (AvgIpc) is 2.73. The molecule has 6 heteroatoms. The topological polar surface area (TPSA) is 70.2 Å². The summed E-state index contributed by atoms with van der Waals surface area (Å²) in [4.78, 5) is 23.2. The third kappa shape index (κ3) is 5.29. The lowest BCUT2D eigenvalue weighted by molar-refractivity contribution is -0.126. The van der Waals surface area contributed by atoms with Crippen LogP contribution in [0.25, 0.3) is 0 Å². The van der Waals surface area contributed by atoms with Crippen LogP contribution in [0.3, 0.4) is 0 Å². The molecule has 0 aromatic carbocycles. The average molecular weight is 304 g/mol. The first-order valence-electron chi connectivity index (χ1n) is 7.46. The maximum absolute atomic E-state index is 11.8. The van der Waals surface area contributed by atoms with E-state index in [1.54, 1.807) is 0 Å². The van der Waals surface area contributed by atoms with Crippen molar-refractivity contribution in [1.82, 2.24) is 16.0 Å². The largest absolute Gasteiger partial charge is 0.355 e. The second kappa shape index (κ2) is 8.47. The van der Waals surface area contributed by atoms with Crippen LogP contribution >= 0.6 is 12.4 Å². The highest BCUT2D eigenvalue weighted by atomic mass is 35.5. The van der Waals surface area contributed by atoms with Crippen molar-refractivity contribution in [3.63, 3.8) is 0 Å². The van der Waals surface area contributed by atoms with Crippen LogP contribution in [0.2, 0.25) is 0 Å². The molecule has 2 atom stereocenters. The predicted molar refractivity (Wildman–Crippen MR) is 80.8 cm³/mol. The zero-order valence-corrected chi connectivity index (χ0v) is 12.9. The van der Waals surface area contributed by atoms with Gasteiger partial charge >= 0.3 is 0 Å². The molecule has 0 spiro atoms. The van der Waals surface area contributed by atoms with E-state index >= 15 is 0 Å². The second-order valence-electron chi connectivity index (χ2n) is 5.81. The fourth-order valence-electron chi connectivity index (χ4n) is 3.18. The van der Waals surface area contributed by atoms with E-state index in [4.69, 9.17) is 0 Å². The van der Waals surface area contributed by atoms with E-state index in [2.05, 4.69) is 16.0 Å². The van der Waals surface area contributed by atoms with Gasteiger partial charge in [-0.05, 0) is 38.0 Å². The standard InChI is InChI=1S/C14H25N3O2.ClH/c1-2-5-15-14(19)9-16-13(18)8-10-6-11-3-4-12(7-10)17-11;/h10-12,17H,2-9H2,1H3,(H,15,19)(H,16,18);1H. The number of nitrogens with one attached hydrogen (secondary N) is 3. The highest BCUT2D eigenvalue weighted by Crippen LogP contribution is 2.32. The van der Waals surface area contributed by atoms with E-state index in [0.29, 0.717) is 31.0 Å². The van der Waals surface area contributed by atoms with Crippen LogP contribution in [0.1, 0.15) is 45.4 Å². The van der Waals surface area contributed by atoms with Crippen LogP contribution in [0.5, 0.6) is 0 Å². The van der Waals surface area contributed by atoms with E-state index in [1.807, 2.05) is 6.92 Å². The summed E-state index contributed by atoms with van der Waals surface area (Å²) in [7, 11) is 0. The van der Waals surface area contributed by atoms with Gasteiger partial charge in [-0.3, -0.25) is 9.59 Å². The number of amides is 2. The summed E-state index contributed by atoms with van der Waals surface area (Å²) in [5.41, 5.74) is 0. The van der Waals surface area contributed by atoms with Crippen LogP contribution in [0.4, 0.5) is 0 Å². The molecule has 0 saturated carbocycles. The fourth-order valence-corrected chi connectivity index (χ4v) is 3.18. The lowest BCUT2D eigenvalue weighted by Crippen LogP contribution is -2.41. The van der Waals surface area contributed by atoms with Gasteiger partial charge in [-0.15, -0.1) is 12.4 Å². The number of carbonyl (C=O) groups is 2. The first-order valence-corrected chi connectivity index (χ1v) is 7.46. The van der Waals surface area contributed by atoms with E-state index in [0.717, 1.165) is 19.3 Å². The summed E-state index contributed by atoms with van der Waals surface area (Å²) in [6, 6.07) is 1.23. The molecule has 2 rings (SSSR count). The molecule has 5 nitrogen and oxygen atoms in total. The Morgan fingerprint density at radius 2 is 1.75 bits per heavy atom. The van der Waals surface area contributed by atoms with E-state index in [9.17, 15) is 9.59 Å². The Morgan fingerprint density at radius 1 is 1.10 bits per heavy atom. The first kappa shape index (κ1) is 17.2. The molecular formula is C14H26ClN3O2. The third-order valence-electron chi connectivity index (χ3n) is 4.06. The van der Waals surface area contributed by atoms with Crippen molar-refractivity contribution >= 4 is 24.2 Å². The molecule has 2 fully saturated rings. The first-order chi connectivity index (χ1) is 9.17. The maximum Gasteiger partial charge on any atom is 0.239 e. The zero-order valence-electron chi connectivity index (χ0n) is 12.1. The van der Waals surface area contributed by atoms with Gasteiger partial charge in [0.25, 0.3) is 0 Å². The van der Waals surface area contributed by atoms with E-state index < -0.39 is 0 Å². The molecule has 116 valence electrons. The second-order valence-corrected chi connectivity index (χ2v) is 5.81. The Labute approximate surface area is 127 Å². The number of fused-ring (bicyclic) bond motifs is 2. The lowest BCUT2D eigenvalue weighted by Gasteiger charge is -2.28. The predicted octanol–water partition coefficient (Wildman–Crippen LogP) is 0.971. The zero-order chi connectivity index (χ0) is 13.7. The molecule has 2 heterocycles. The number of hydrogen-bond acceptors (Lipinski definition) is 3. The van der Waals surface area contributed by atoms with Crippen molar-refractivity contribution in [2.24, 2.45) is 5.92 Å². The van der Waals surface area contributed by atoms with Gasteiger partial charge in [-0.1, -0.05) is 6.92 Å². The molecule has 2 unspecified atom stereocenters. The van der Waals surface area contributed by atoms with Gasteiger partial charge in [0.1, 0.15) is 0 Å². The van der Waals surface area contributed by atoms with E-state index in [-0.39, 0.29) is 30.8 Å². The Morgan fingerprint density at radius 3 is 2.35 bits per heavy atom. The molecule has 2 aliphatic rings. The van der Waals surface area contributed by atoms with Crippen molar-refractivity contribution < 1.29 is 9.59 Å². The SMILES string of the molecule is CCCNC(=O)CNC(=O)CC1CC2CCC(C1)N2.Cl. The van der Waals surface area contributed by atoms with Crippen LogP contribution < -0.4 is 16.0 Å². The minimum Gasteiger partial charge on any atom is -0.355 e. The van der Waals surface area contributed by atoms with E-state index in [1.165, 1.54) is 12.8 Å². The Kier molecular flexibility index (Phi) is 7.30. The lowest BCUT2D eigenvalue weighted by atomic mass is 9.89. The fraction of sp³-hybridized carbons (Fsp3) is 0.857. The van der Waals surface area contributed by atoms with Gasteiger partial charge in [0.05, 0.1) is 6.54 Å². The summed E-state index contributed by atoms with van der Waals surface area (Å²) in [6.07, 6.45) is 6.19. The number of rotatable bonds is 6. The summed E-state index contributed by atoms with van der Waals surface area (Å²) in [5.74, 6) is 0.399. The molecule has 0 radical (unpaired) electrons. The molecule has 0 aromatic rings. The molecule has 0 aromatic heterocycles. The molecular weight excluding hydrogens is 278 g/mol. The van der Waals surface area contributed by atoms with Gasteiger partial charge in [0.15, 0.2) is 0 Å². The molecule has 2 aliphatic heterocycles. The van der Waals surface area contributed by atoms with Crippen LogP contribution in [-0.2, 0) is 9.59 Å². The summed E-state index contributed by atoms with van der Waals surface area (Å²) in [6.45, 7) is 2.79. The minimum atomic E-state index is -0.0967. The minimum absolute atomic E-state index is 0. The molecule has 2 amide bonds. The smallest absolute Gasteiger partial charge is 0.239 e. The van der Waals surface area contributed by atoms with Crippen molar-refractivity contribution in [3.8, 4) is 0 Å². The molecule has 2 bridgehead atoms. The van der Waals surface area contributed by atoms with Crippen molar-refractivity contribution in [2.75, 3.05) is 13.1 Å². The molecule has 2 saturated heterocycles. The monoisotopic (exact) mass is 303 g/mol. The summed E-state index contributed by atoms with van der Waals surface area (Å²) >= 11 is 0. The van der Waals surface area contributed by atoms with Crippen molar-refractivity contribution in [2.45, 2.75) is 57.5 Å². The highest BCUT2D eigenvalue weighted by molar-refractivity contribution is 5.85. The maximum atomic E-state index is 11.8. The molecule has 3 N–H and O–H groups in total. The number of halogens is 1. The Hall–Kier alpha value is -0.810. The van der Waals surface area contributed by atoms with Crippen LogP contribution in [0.15, 0.2) is 0 Å². The number of hydrogen-bond donors (Lipinski definition) is 3. The summed E-state index contributed by atoms with van der Waals surface area (Å²) in [5, 5.41) is 9.04. The molecule has 20 heavy (non-hydrogen) atoms. The van der Waals surface area contributed by atoms with Gasteiger partial charge in [0.2, 0.25) is 11.8 Å². The van der Waals surface area contributed by atoms with Crippen LogP contribution in [0, 0.1) is 5.92 Å².